The zero-order valence-corrected chi connectivity index (χ0v) is 12.1. The molecule has 19 heavy (non-hydrogen) atoms. The maximum absolute atomic E-state index is 10.8. The van der Waals surface area contributed by atoms with Gasteiger partial charge in [0.15, 0.2) is 0 Å². The predicted molar refractivity (Wildman–Crippen MR) is 77.9 cm³/mol. The Morgan fingerprint density at radius 3 is 2.47 bits per heavy atom. The number of aliphatic hydroxyl groups is 1. The van der Waals surface area contributed by atoms with E-state index in [1.807, 2.05) is 56.8 Å². The molecular weight excluding hydrogens is 238 g/mol. The van der Waals surface area contributed by atoms with Gasteiger partial charge >= 0.3 is 0 Å². The van der Waals surface area contributed by atoms with Crippen molar-refractivity contribution in [3.05, 3.63) is 30.0 Å². The molecule has 0 aliphatic rings. The minimum absolute atomic E-state index is 0.224. The van der Waals surface area contributed by atoms with Crippen LogP contribution in [0.1, 0.15) is 26.5 Å². The predicted octanol–water partition coefficient (Wildman–Crippen LogP) is 1.85. The van der Waals surface area contributed by atoms with E-state index in [0.717, 1.165) is 16.6 Å². The van der Waals surface area contributed by atoms with Crippen LogP contribution >= 0.6 is 0 Å². The average Bonchev–Trinajstić information content (AvgIpc) is 2.65. The summed E-state index contributed by atoms with van der Waals surface area (Å²) < 4.78 is 1.85. The molecule has 0 spiro atoms. The van der Waals surface area contributed by atoms with Gasteiger partial charge in [-0.1, -0.05) is 39.0 Å². The van der Waals surface area contributed by atoms with E-state index in [4.69, 9.17) is 5.73 Å². The Kier molecular flexibility index (Phi) is 3.41. The SMILES string of the molecule is Cn1nc(CC(O)(CN)C(C)(C)C)c2ccccc21. The molecule has 2 aromatic rings. The summed E-state index contributed by atoms with van der Waals surface area (Å²) in [4.78, 5) is 0. The van der Waals surface area contributed by atoms with E-state index in [9.17, 15) is 5.11 Å². The van der Waals surface area contributed by atoms with Crippen LogP contribution in [0.3, 0.4) is 0 Å². The Hall–Kier alpha value is -1.39. The third-order valence-electron chi connectivity index (χ3n) is 4.03. The highest BCUT2D eigenvalue weighted by Gasteiger charge is 2.39. The minimum Gasteiger partial charge on any atom is -0.388 e. The van der Waals surface area contributed by atoms with Gasteiger partial charge in [0, 0.05) is 25.4 Å². The van der Waals surface area contributed by atoms with Crippen molar-refractivity contribution in [3.63, 3.8) is 0 Å². The summed E-state index contributed by atoms with van der Waals surface area (Å²) in [6.45, 7) is 6.24. The molecule has 1 aromatic heterocycles. The smallest absolute Gasteiger partial charge is 0.0873 e. The van der Waals surface area contributed by atoms with Gasteiger partial charge in [-0.2, -0.15) is 5.10 Å². The van der Waals surface area contributed by atoms with Crippen LogP contribution in [0.15, 0.2) is 24.3 Å². The van der Waals surface area contributed by atoms with Gasteiger partial charge in [-0.25, -0.2) is 0 Å². The van der Waals surface area contributed by atoms with Crippen molar-refractivity contribution in [2.45, 2.75) is 32.8 Å². The van der Waals surface area contributed by atoms with Crippen LogP contribution in [0.4, 0.5) is 0 Å². The second-order valence-corrected chi connectivity index (χ2v) is 6.25. The molecule has 0 aliphatic heterocycles. The van der Waals surface area contributed by atoms with Crippen LogP contribution in [0, 0.1) is 5.41 Å². The largest absolute Gasteiger partial charge is 0.388 e. The van der Waals surface area contributed by atoms with Gasteiger partial charge in [-0.15, -0.1) is 0 Å². The van der Waals surface area contributed by atoms with E-state index in [1.54, 1.807) is 0 Å². The summed E-state index contributed by atoms with van der Waals surface area (Å²) in [6.07, 6.45) is 0.467. The van der Waals surface area contributed by atoms with Crippen molar-refractivity contribution in [2.24, 2.45) is 18.2 Å². The molecule has 3 N–H and O–H groups in total. The van der Waals surface area contributed by atoms with Gasteiger partial charge in [-0.05, 0) is 11.5 Å². The number of aryl methyl sites for hydroxylation is 1. The fourth-order valence-corrected chi connectivity index (χ4v) is 2.34. The van der Waals surface area contributed by atoms with Gasteiger partial charge in [0.2, 0.25) is 0 Å². The zero-order chi connectivity index (χ0) is 14.3. The Morgan fingerprint density at radius 1 is 1.26 bits per heavy atom. The van der Waals surface area contributed by atoms with Crippen LogP contribution in [-0.2, 0) is 13.5 Å². The van der Waals surface area contributed by atoms with Gasteiger partial charge in [0.05, 0.1) is 16.8 Å². The molecule has 0 aliphatic carbocycles. The third-order valence-corrected chi connectivity index (χ3v) is 4.03. The number of hydrogen-bond donors (Lipinski definition) is 2. The van der Waals surface area contributed by atoms with Gasteiger partial charge in [0.25, 0.3) is 0 Å². The lowest BCUT2D eigenvalue weighted by Crippen LogP contribution is -2.51. The summed E-state index contributed by atoms with van der Waals surface area (Å²) in [6, 6.07) is 8.06. The molecule has 0 saturated heterocycles. The lowest BCUT2D eigenvalue weighted by atomic mass is 9.73. The molecule has 0 bridgehead atoms. The summed E-state index contributed by atoms with van der Waals surface area (Å²) in [5.74, 6) is 0. The first kappa shape index (κ1) is 14.0. The first-order valence-corrected chi connectivity index (χ1v) is 6.61. The number of fused-ring (bicyclic) bond motifs is 1. The number of nitrogens with zero attached hydrogens (tertiary/aromatic N) is 2. The van der Waals surface area contributed by atoms with Gasteiger partial charge < -0.3 is 10.8 Å². The van der Waals surface area contributed by atoms with E-state index in [-0.39, 0.29) is 12.0 Å². The first-order chi connectivity index (χ1) is 8.78. The zero-order valence-electron chi connectivity index (χ0n) is 12.1. The normalized spacial score (nSPS) is 15.7. The summed E-state index contributed by atoms with van der Waals surface area (Å²) in [7, 11) is 1.92. The quantitative estimate of drug-likeness (QED) is 0.886. The Labute approximate surface area is 114 Å². The number of para-hydroxylation sites is 1. The van der Waals surface area contributed by atoms with E-state index >= 15 is 0 Å². The molecule has 1 aromatic carbocycles. The van der Waals surface area contributed by atoms with Crippen LogP contribution in [0.2, 0.25) is 0 Å². The lowest BCUT2D eigenvalue weighted by molar-refractivity contribution is -0.0495. The van der Waals surface area contributed by atoms with E-state index in [0.29, 0.717) is 6.42 Å². The molecule has 1 heterocycles. The molecule has 0 radical (unpaired) electrons. The molecule has 1 unspecified atom stereocenters. The first-order valence-electron chi connectivity index (χ1n) is 6.61. The summed E-state index contributed by atoms with van der Waals surface area (Å²) in [5.41, 5.74) is 6.54. The van der Waals surface area contributed by atoms with Crippen molar-refractivity contribution in [2.75, 3.05) is 6.54 Å². The minimum atomic E-state index is -0.954. The van der Waals surface area contributed by atoms with E-state index in [1.165, 1.54) is 0 Å². The standard InChI is InChI=1S/C15H23N3O/c1-14(2,3)15(19,10-16)9-12-11-7-5-6-8-13(11)18(4)17-12/h5-8,19H,9-10,16H2,1-4H3. The third kappa shape index (κ3) is 2.38. The van der Waals surface area contributed by atoms with E-state index < -0.39 is 5.60 Å². The molecule has 0 fully saturated rings. The highest BCUT2D eigenvalue weighted by molar-refractivity contribution is 5.81. The second kappa shape index (κ2) is 4.62. The maximum Gasteiger partial charge on any atom is 0.0873 e. The fourth-order valence-electron chi connectivity index (χ4n) is 2.34. The molecule has 2 rings (SSSR count). The maximum atomic E-state index is 10.8. The number of aromatic nitrogens is 2. The molecule has 104 valence electrons. The molecule has 0 saturated carbocycles. The number of rotatable bonds is 3. The van der Waals surface area contributed by atoms with E-state index in [2.05, 4.69) is 5.10 Å². The second-order valence-electron chi connectivity index (χ2n) is 6.25. The highest BCUT2D eigenvalue weighted by atomic mass is 16.3. The Balaban J connectivity index is 2.46. The Bertz CT molecular complexity index is 583. The number of benzene rings is 1. The van der Waals surface area contributed by atoms with Crippen LogP contribution in [-0.4, -0.2) is 27.0 Å². The highest BCUT2D eigenvalue weighted by Crippen LogP contribution is 2.33. The Morgan fingerprint density at radius 2 is 1.89 bits per heavy atom. The fraction of sp³-hybridized carbons (Fsp3) is 0.533. The van der Waals surface area contributed by atoms with Crippen LogP contribution in [0.25, 0.3) is 10.9 Å². The molecule has 0 amide bonds. The number of hydrogen-bond acceptors (Lipinski definition) is 3. The molecule has 4 nitrogen and oxygen atoms in total. The van der Waals surface area contributed by atoms with Gasteiger partial charge in [-0.3, -0.25) is 4.68 Å². The molecule has 1 atom stereocenters. The molecular formula is C15H23N3O. The van der Waals surface area contributed by atoms with Crippen LogP contribution in [0.5, 0.6) is 0 Å². The van der Waals surface area contributed by atoms with Crippen molar-refractivity contribution in [1.29, 1.82) is 0 Å². The van der Waals surface area contributed by atoms with Crippen molar-refractivity contribution in [3.8, 4) is 0 Å². The topological polar surface area (TPSA) is 64.1 Å². The van der Waals surface area contributed by atoms with Crippen LogP contribution < -0.4 is 5.73 Å². The summed E-state index contributed by atoms with van der Waals surface area (Å²) in [5, 5.41) is 16.4. The van der Waals surface area contributed by atoms with Gasteiger partial charge in [0.1, 0.15) is 0 Å². The summed E-state index contributed by atoms with van der Waals surface area (Å²) >= 11 is 0. The van der Waals surface area contributed by atoms with Crippen molar-refractivity contribution in [1.82, 2.24) is 9.78 Å². The monoisotopic (exact) mass is 261 g/mol. The molecule has 4 heteroatoms. The lowest BCUT2D eigenvalue weighted by Gasteiger charge is -2.39. The van der Waals surface area contributed by atoms with Crippen molar-refractivity contribution >= 4 is 10.9 Å². The average molecular weight is 261 g/mol. The number of nitrogens with two attached hydrogens (primary N) is 1. The van der Waals surface area contributed by atoms with Crippen molar-refractivity contribution < 1.29 is 5.11 Å².